The fourth-order valence-corrected chi connectivity index (χ4v) is 4.17. The number of nitrogens with zero attached hydrogens (tertiary/aromatic N) is 4. The Bertz CT molecular complexity index is 789. The van der Waals surface area contributed by atoms with E-state index in [-0.39, 0.29) is 23.6 Å². The Kier molecular flexibility index (Phi) is 3.99. The van der Waals surface area contributed by atoms with E-state index in [1.54, 1.807) is 11.1 Å². The first kappa shape index (κ1) is 15.8. The van der Waals surface area contributed by atoms with Crippen LogP contribution in [0.1, 0.15) is 42.6 Å². The minimum absolute atomic E-state index is 0.00391. The summed E-state index contributed by atoms with van der Waals surface area (Å²) < 4.78 is 1.54. The van der Waals surface area contributed by atoms with Gasteiger partial charge >= 0.3 is 5.97 Å². The Morgan fingerprint density at radius 2 is 1.88 bits per heavy atom. The molecule has 0 bridgehead atoms. The number of hydrogen-bond donors (Lipinski definition) is 1. The van der Waals surface area contributed by atoms with Crippen molar-refractivity contribution in [2.45, 2.75) is 44.2 Å². The molecule has 1 N–H and O–H groups in total. The first-order valence-corrected chi connectivity index (χ1v) is 8.68. The van der Waals surface area contributed by atoms with Crippen LogP contribution < -0.4 is 0 Å². The number of amides is 1. The standard InChI is InChI=1S/C18H20N4O3/c23-17(14-11-21(20-19-14)13-7-2-1-3-8-13)22-15-9-5-4-6-12(15)10-16(22)18(24)25/h1-3,7-8,11-12,15-16H,4-6,9-10H2,(H,24,25)/t12-,15+,16+/m1/s1. The van der Waals surface area contributed by atoms with E-state index in [9.17, 15) is 14.7 Å². The molecule has 1 aromatic heterocycles. The molecule has 1 aromatic carbocycles. The molecule has 130 valence electrons. The van der Waals surface area contributed by atoms with Gasteiger partial charge in [-0.1, -0.05) is 36.3 Å². The predicted molar refractivity (Wildman–Crippen MR) is 89.3 cm³/mol. The lowest BCUT2D eigenvalue weighted by molar-refractivity contribution is -0.141. The number of fused-ring (bicyclic) bond motifs is 1. The molecule has 2 aliphatic rings. The quantitative estimate of drug-likeness (QED) is 0.924. The Morgan fingerprint density at radius 1 is 1.12 bits per heavy atom. The van der Waals surface area contributed by atoms with Gasteiger partial charge in [-0.3, -0.25) is 4.79 Å². The highest BCUT2D eigenvalue weighted by Crippen LogP contribution is 2.40. The van der Waals surface area contributed by atoms with Crippen molar-refractivity contribution in [3.63, 3.8) is 0 Å². The largest absolute Gasteiger partial charge is 0.480 e. The van der Waals surface area contributed by atoms with E-state index in [0.717, 1.165) is 31.4 Å². The summed E-state index contributed by atoms with van der Waals surface area (Å²) in [7, 11) is 0. The summed E-state index contributed by atoms with van der Waals surface area (Å²) in [4.78, 5) is 26.2. The SMILES string of the molecule is O=C(O)[C@@H]1C[C@H]2CCCC[C@@H]2N1C(=O)c1cn(-c2ccccc2)nn1. The maximum absolute atomic E-state index is 13.0. The number of aliphatic carboxylic acids is 1. The maximum Gasteiger partial charge on any atom is 0.326 e. The van der Waals surface area contributed by atoms with E-state index >= 15 is 0 Å². The number of para-hydroxylation sites is 1. The molecule has 4 rings (SSSR count). The van der Waals surface area contributed by atoms with Gasteiger partial charge in [0.1, 0.15) is 6.04 Å². The van der Waals surface area contributed by atoms with Crippen LogP contribution in [0.15, 0.2) is 36.5 Å². The maximum atomic E-state index is 13.0. The number of carboxylic acid groups (broad SMARTS) is 1. The van der Waals surface area contributed by atoms with Crippen LogP contribution in [0.3, 0.4) is 0 Å². The predicted octanol–water partition coefficient (Wildman–Crippen LogP) is 2.13. The molecule has 1 saturated heterocycles. The zero-order valence-electron chi connectivity index (χ0n) is 13.8. The fraction of sp³-hybridized carbons (Fsp3) is 0.444. The van der Waals surface area contributed by atoms with Gasteiger partial charge in [0.05, 0.1) is 11.9 Å². The number of hydrogen-bond acceptors (Lipinski definition) is 4. The van der Waals surface area contributed by atoms with Crippen molar-refractivity contribution in [1.29, 1.82) is 0 Å². The molecule has 7 heteroatoms. The van der Waals surface area contributed by atoms with E-state index < -0.39 is 12.0 Å². The summed E-state index contributed by atoms with van der Waals surface area (Å²) >= 11 is 0. The molecular formula is C18H20N4O3. The molecule has 2 fully saturated rings. The van der Waals surface area contributed by atoms with Crippen LogP contribution in [-0.2, 0) is 4.79 Å². The summed E-state index contributed by atoms with van der Waals surface area (Å²) in [5.41, 5.74) is 1.00. The minimum atomic E-state index is -0.932. The molecule has 1 amide bonds. The van der Waals surface area contributed by atoms with Crippen LogP contribution >= 0.6 is 0 Å². The average molecular weight is 340 g/mol. The Balaban J connectivity index is 1.63. The monoisotopic (exact) mass is 340 g/mol. The zero-order valence-corrected chi connectivity index (χ0v) is 13.8. The van der Waals surface area contributed by atoms with Gasteiger partial charge in [-0.05, 0) is 37.3 Å². The van der Waals surface area contributed by atoms with Crippen LogP contribution in [0.5, 0.6) is 0 Å². The highest BCUT2D eigenvalue weighted by molar-refractivity contribution is 5.95. The smallest absolute Gasteiger partial charge is 0.326 e. The van der Waals surface area contributed by atoms with Crippen molar-refractivity contribution in [2.75, 3.05) is 0 Å². The number of aromatic nitrogens is 3. The molecule has 0 unspecified atom stereocenters. The normalized spacial score (nSPS) is 25.6. The second-order valence-corrected chi connectivity index (χ2v) is 6.80. The van der Waals surface area contributed by atoms with Crippen LogP contribution in [0.4, 0.5) is 0 Å². The van der Waals surface area contributed by atoms with Crippen LogP contribution in [0.25, 0.3) is 5.69 Å². The number of rotatable bonds is 3. The van der Waals surface area contributed by atoms with Gasteiger partial charge in [0.15, 0.2) is 5.69 Å². The van der Waals surface area contributed by atoms with Crippen molar-refractivity contribution in [3.05, 3.63) is 42.2 Å². The van der Waals surface area contributed by atoms with Crippen molar-refractivity contribution >= 4 is 11.9 Å². The third-order valence-electron chi connectivity index (χ3n) is 5.34. The number of carbonyl (C=O) groups is 2. The molecule has 2 aromatic rings. The van der Waals surface area contributed by atoms with Crippen LogP contribution in [0, 0.1) is 5.92 Å². The first-order chi connectivity index (χ1) is 12.1. The summed E-state index contributed by atoms with van der Waals surface area (Å²) in [5.74, 6) is -0.981. The topological polar surface area (TPSA) is 88.3 Å². The third-order valence-corrected chi connectivity index (χ3v) is 5.34. The summed E-state index contributed by atoms with van der Waals surface area (Å²) in [6.07, 6.45) is 6.13. The van der Waals surface area contributed by atoms with E-state index in [0.29, 0.717) is 6.42 Å². The molecular weight excluding hydrogens is 320 g/mol. The van der Waals surface area contributed by atoms with Gasteiger partial charge in [-0.25, -0.2) is 9.48 Å². The molecule has 7 nitrogen and oxygen atoms in total. The lowest BCUT2D eigenvalue weighted by Gasteiger charge is -2.32. The summed E-state index contributed by atoms with van der Waals surface area (Å²) in [5, 5.41) is 17.6. The van der Waals surface area contributed by atoms with Gasteiger partial charge in [0.25, 0.3) is 5.91 Å². The first-order valence-electron chi connectivity index (χ1n) is 8.68. The summed E-state index contributed by atoms with van der Waals surface area (Å²) in [6, 6.07) is 8.65. The van der Waals surface area contributed by atoms with E-state index in [1.165, 1.54) is 4.68 Å². The molecule has 2 heterocycles. The Morgan fingerprint density at radius 3 is 2.64 bits per heavy atom. The van der Waals surface area contributed by atoms with Crippen LogP contribution in [-0.4, -0.2) is 49.0 Å². The second-order valence-electron chi connectivity index (χ2n) is 6.80. The molecule has 1 aliphatic carbocycles. The number of likely N-dealkylation sites (tertiary alicyclic amines) is 1. The molecule has 3 atom stereocenters. The van der Waals surface area contributed by atoms with Crippen molar-refractivity contribution in [3.8, 4) is 5.69 Å². The second kappa shape index (κ2) is 6.31. The lowest BCUT2D eigenvalue weighted by Crippen LogP contribution is -2.46. The fourth-order valence-electron chi connectivity index (χ4n) is 4.17. The Hall–Kier alpha value is -2.70. The zero-order chi connectivity index (χ0) is 17.4. The number of carboxylic acids is 1. The number of benzene rings is 1. The molecule has 25 heavy (non-hydrogen) atoms. The average Bonchev–Trinajstić information content (AvgIpc) is 3.27. The molecule has 1 saturated carbocycles. The van der Waals surface area contributed by atoms with Gasteiger partial charge in [0.2, 0.25) is 0 Å². The van der Waals surface area contributed by atoms with Crippen molar-refractivity contribution < 1.29 is 14.7 Å². The summed E-state index contributed by atoms with van der Waals surface area (Å²) in [6.45, 7) is 0. The highest BCUT2D eigenvalue weighted by atomic mass is 16.4. The van der Waals surface area contributed by atoms with Crippen molar-refractivity contribution in [2.24, 2.45) is 5.92 Å². The van der Waals surface area contributed by atoms with E-state index in [4.69, 9.17) is 0 Å². The van der Waals surface area contributed by atoms with Gasteiger partial charge in [-0.15, -0.1) is 5.10 Å². The van der Waals surface area contributed by atoms with E-state index in [2.05, 4.69) is 10.3 Å². The van der Waals surface area contributed by atoms with Gasteiger partial charge in [-0.2, -0.15) is 0 Å². The Labute approximate surface area is 145 Å². The van der Waals surface area contributed by atoms with Crippen molar-refractivity contribution in [1.82, 2.24) is 19.9 Å². The number of carbonyl (C=O) groups excluding carboxylic acids is 1. The van der Waals surface area contributed by atoms with Gasteiger partial charge in [0, 0.05) is 6.04 Å². The highest BCUT2D eigenvalue weighted by Gasteiger charge is 2.48. The third kappa shape index (κ3) is 2.79. The van der Waals surface area contributed by atoms with Gasteiger partial charge < -0.3 is 10.0 Å². The lowest BCUT2D eigenvalue weighted by atomic mass is 9.84. The minimum Gasteiger partial charge on any atom is -0.480 e. The molecule has 0 radical (unpaired) electrons. The van der Waals surface area contributed by atoms with Crippen LogP contribution in [0.2, 0.25) is 0 Å². The molecule has 0 spiro atoms. The molecule has 1 aliphatic heterocycles. The van der Waals surface area contributed by atoms with E-state index in [1.807, 2.05) is 30.3 Å².